The summed E-state index contributed by atoms with van der Waals surface area (Å²) in [6, 6.07) is 3.78. The van der Waals surface area contributed by atoms with E-state index >= 15 is 0 Å². The molecule has 3 rings (SSSR count). The van der Waals surface area contributed by atoms with Crippen LogP contribution in [0.4, 0.5) is 5.82 Å². The van der Waals surface area contributed by atoms with Gasteiger partial charge in [-0.25, -0.2) is 9.97 Å². The molecule has 3 aromatic heterocycles. The standard InChI is InChI=1S/C13H12BrN5S/c1-7-9(14)3-11(20-7)13-17-10(4-12(15)18-13)8-5-16-19(2)6-8/h3-6H,1-2H3,(H2,15,17,18). The van der Waals surface area contributed by atoms with Gasteiger partial charge in [-0.1, -0.05) is 0 Å². The summed E-state index contributed by atoms with van der Waals surface area (Å²) < 4.78 is 2.80. The van der Waals surface area contributed by atoms with Crippen LogP contribution in [0.5, 0.6) is 0 Å². The summed E-state index contributed by atoms with van der Waals surface area (Å²) in [7, 11) is 1.87. The summed E-state index contributed by atoms with van der Waals surface area (Å²) in [4.78, 5) is 11.1. The third-order valence-electron chi connectivity index (χ3n) is 2.82. The van der Waals surface area contributed by atoms with Gasteiger partial charge >= 0.3 is 0 Å². The Labute approximate surface area is 128 Å². The number of nitrogens with zero attached hydrogens (tertiary/aromatic N) is 4. The van der Waals surface area contributed by atoms with Gasteiger partial charge in [0.15, 0.2) is 5.82 Å². The van der Waals surface area contributed by atoms with Gasteiger partial charge in [0.25, 0.3) is 0 Å². The zero-order valence-corrected chi connectivity index (χ0v) is 13.4. The van der Waals surface area contributed by atoms with Crippen molar-refractivity contribution in [2.75, 3.05) is 5.73 Å². The molecule has 0 bridgehead atoms. The first-order valence-corrected chi connectivity index (χ1v) is 7.54. The Hall–Kier alpha value is -1.73. The van der Waals surface area contributed by atoms with Gasteiger partial charge in [-0.05, 0) is 28.9 Å². The molecule has 0 atom stereocenters. The van der Waals surface area contributed by atoms with E-state index in [1.807, 2.05) is 26.2 Å². The van der Waals surface area contributed by atoms with Crippen LogP contribution in [-0.2, 0) is 7.05 Å². The molecule has 0 aliphatic carbocycles. The highest BCUT2D eigenvalue weighted by molar-refractivity contribution is 9.10. The van der Waals surface area contributed by atoms with E-state index in [4.69, 9.17) is 5.73 Å². The van der Waals surface area contributed by atoms with Crippen LogP contribution < -0.4 is 5.73 Å². The smallest absolute Gasteiger partial charge is 0.172 e. The topological polar surface area (TPSA) is 69.6 Å². The average molecular weight is 350 g/mol. The summed E-state index contributed by atoms with van der Waals surface area (Å²) in [5.41, 5.74) is 7.61. The first-order chi connectivity index (χ1) is 9.52. The zero-order valence-electron chi connectivity index (χ0n) is 11.0. The van der Waals surface area contributed by atoms with Crippen LogP contribution in [-0.4, -0.2) is 19.7 Å². The van der Waals surface area contributed by atoms with Gasteiger partial charge in [0.05, 0.1) is 16.8 Å². The van der Waals surface area contributed by atoms with Crippen molar-refractivity contribution in [1.82, 2.24) is 19.7 Å². The van der Waals surface area contributed by atoms with Gasteiger partial charge in [0.1, 0.15) is 5.82 Å². The van der Waals surface area contributed by atoms with Crippen molar-refractivity contribution in [3.05, 3.63) is 33.9 Å². The maximum atomic E-state index is 5.90. The second-order valence-corrected chi connectivity index (χ2v) is 6.53. The Kier molecular flexibility index (Phi) is 3.31. The summed E-state index contributed by atoms with van der Waals surface area (Å²) in [5.74, 6) is 1.10. The number of nitrogen functional groups attached to an aromatic ring is 1. The molecule has 2 N–H and O–H groups in total. The molecule has 0 unspecified atom stereocenters. The summed E-state index contributed by atoms with van der Waals surface area (Å²) in [6.07, 6.45) is 3.67. The lowest BCUT2D eigenvalue weighted by Gasteiger charge is -2.02. The van der Waals surface area contributed by atoms with Crippen molar-refractivity contribution < 1.29 is 0 Å². The molecule has 3 heterocycles. The summed E-state index contributed by atoms with van der Waals surface area (Å²) in [6.45, 7) is 2.05. The SMILES string of the molecule is Cc1sc(-c2nc(N)cc(-c3cnn(C)c3)n2)cc1Br. The van der Waals surface area contributed by atoms with Gasteiger partial charge in [-0.15, -0.1) is 11.3 Å². The maximum Gasteiger partial charge on any atom is 0.172 e. The lowest BCUT2D eigenvalue weighted by atomic mass is 10.2. The molecule has 7 heteroatoms. The quantitative estimate of drug-likeness (QED) is 0.770. The molecule has 0 fully saturated rings. The van der Waals surface area contributed by atoms with E-state index in [0.29, 0.717) is 11.6 Å². The molecule has 0 spiro atoms. The molecular formula is C13H12BrN5S. The van der Waals surface area contributed by atoms with E-state index in [1.54, 1.807) is 28.3 Å². The van der Waals surface area contributed by atoms with E-state index in [-0.39, 0.29) is 0 Å². The molecule has 0 amide bonds. The fraction of sp³-hybridized carbons (Fsp3) is 0.154. The Morgan fingerprint density at radius 3 is 2.70 bits per heavy atom. The first kappa shape index (κ1) is 13.3. The summed E-state index contributed by atoms with van der Waals surface area (Å²) >= 11 is 5.15. The maximum absolute atomic E-state index is 5.90. The minimum Gasteiger partial charge on any atom is -0.384 e. The molecule has 20 heavy (non-hydrogen) atoms. The fourth-order valence-corrected chi connectivity index (χ4v) is 3.32. The minimum atomic E-state index is 0.455. The van der Waals surface area contributed by atoms with Crippen LogP contribution in [0, 0.1) is 6.92 Å². The van der Waals surface area contributed by atoms with Crippen molar-refractivity contribution in [1.29, 1.82) is 0 Å². The van der Waals surface area contributed by atoms with E-state index in [1.165, 1.54) is 4.88 Å². The lowest BCUT2D eigenvalue weighted by Crippen LogP contribution is -1.96. The predicted octanol–water partition coefficient (Wildman–Crippen LogP) is 3.26. The Bertz CT molecular complexity index is 757. The molecule has 102 valence electrons. The molecule has 0 aromatic carbocycles. The van der Waals surface area contributed by atoms with Crippen molar-refractivity contribution >= 4 is 33.1 Å². The Morgan fingerprint density at radius 2 is 2.10 bits per heavy atom. The third-order valence-corrected chi connectivity index (χ3v) is 4.96. The molecule has 0 aliphatic rings. The molecule has 0 radical (unpaired) electrons. The molecule has 3 aromatic rings. The van der Waals surface area contributed by atoms with E-state index in [0.717, 1.165) is 20.6 Å². The summed E-state index contributed by atoms with van der Waals surface area (Å²) in [5, 5.41) is 4.15. The number of halogens is 1. The van der Waals surface area contributed by atoms with Crippen LogP contribution in [0.25, 0.3) is 22.0 Å². The molecule has 0 saturated heterocycles. The highest BCUT2D eigenvalue weighted by atomic mass is 79.9. The molecular weight excluding hydrogens is 338 g/mol. The Balaban J connectivity index is 2.11. The number of thiophene rings is 1. The van der Waals surface area contributed by atoms with Gasteiger partial charge in [-0.2, -0.15) is 5.10 Å². The lowest BCUT2D eigenvalue weighted by molar-refractivity contribution is 0.768. The van der Waals surface area contributed by atoms with E-state index in [2.05, 4.69) is 31.0 Å². The van der Waals surface area contributed by atoms with Crippen LogP contribution in [0.2, 0.25) is 0 Å². The van der Waals surface area contributed by atoms with E-state index in [9.17, 15) is 0 Å². The van der Waals surface area contributed by atoms with Gasteiger partial charge in [-0.3, -0.25) is 4.68 Å². The van der Waals surface area contributed by atoms with Gasteiger partial charge < -0.3 is 5.73 Å². The van der Waals surface area contributed by atoms with Gasteiger partial charge in [0.2, 0.25) is 0 Å². The number of nitrogens with two attached hydrogens (primary N) is 1. The predicted molar refractivity (Wildman–Crippen MR) is 84.4 cm³/mol. The molecule has 0 saturated carbocycles. The number of hydrogen-bond acceptors (Lipinski definition) is 5. The Morgan fingerprint density at radius 1 is 1.30 bits per heavy atom. The van der Waals surface area contributed by atoms with Crippen LogP contribution >= 0.6 is 27.3 Å². The number of rotatable bonds is 2. The highest BCUT2D eigenvalue weighted by Gasteiger charge is 2.12. The number of anilines is 1. The van der Waals surface area contributed by atoms with Crippen LogP contribution in [0.3, 0.4) is 0 Å². The van der Waals surface area contributed by atoms with Crippen LogP contribution in [0.1, 0.15) is 4.88 Å². The number of aryl methyl sites for hydroxylation is 2. The second kappa shape index (κ2) is 4.99. The van der Waals surface area contributed by atoms with Crippen molar-refractivity contribution in [2.45, 2.75) is 6.92 Å². The highest BCUT2D eigenvalue weighted by Crippen LogP contribution is 2.33. The molecule has 5 nitrogen and oxygen atoms in total. The zero-order chi connectivity index (χ0) is 14.3. The first-order valence-electron chi connectivity index (χ1n) is 5.93. The minimum absolute atomic E-state index is 0.455. The van der Waals surface area contributed by atoms with Crippen LogP contribution in [0.15, 0.2) is 29.0 Å². The monoisotopic (exact) mass is 349 g/mol. The average Bonchev–Trinajstić information content (AvgIpc) is 2.96. The normalized spacial score (nSPS) is 10.9. The van der Waals surface area contributed by atoms with E-state index < -0.39 is 0 Å². The second-order valence-electron chi connectivity index (χ2n) is 4.42. The largest absolute Gasteiger partial charge is 0.384 e. The third kappa shape index (κ3) is 2.46. The molecule has 0 aliphatic heterocycles. The van der Waals surface area contributed by atoms with Crippen molar-refractivity contribution in [3.8, 4) is 22.0 Å². The van der Waals surface area contributed by atoms with Crippen molar-refractivity contribution in [2.24, 2.45) is 7.05 Å². The van der Waals surface area contributed by atoms with Crippen molar-refractivity contribution in [3.63, 3.8) is 0 Å². The number of hydrogen-bond donors (Lipinski definition) is 1. The fourth-order valence-electron chi connectivity index (χ4n) is 1.85. The number of aromatic nitrogens is 4. The van der Waals surface area contributed by atoms with Gasteiger partial charge in [0, 0.05) is 34.2 Å².